The van der Waals surface area contributed by atoms with Gasteiger partial charge in [0.15, 0.2) is 0 Å². The molecular formula is C10H17NO2. The Bertz CT molecular complexity index is 200. The molecule has 3 atom stereocenters. The van der Waals surface area contributed by atoms with Crippen LogP contribution >= 0.6 is 0 Å². The fraction of sp³-hybridized carbons (Fsp3) is 0.800. The van der Waals surface area contributed by atoms with E-state index in [9.17, 15) is 5.11 Å². The standard InChI is InChI=1S/C10H17NO2/c1-4-5-11(3)9-6-8(2)13-7-10(9)12/h1,8-10,12H,5-7H2,2-3H3. The summed E-state index contributed by atoms with van der Waals surface area (Å²) in [4.78, 5) is 2.00. The van der Waals surface area contributed by atoms with Crippen LogP contribution in [0.25, 0.3) is 0 Å². The van der Waals surface area contributed by atoms with Gasteiger partial charge < -0.3 is 9.84 Å². The Hall–Kier alpha value is -0.560. The van der Waals surface area contributed by atoms with Crippen LogP contribution in [0.15, 0.2) is 0 Å². The summed E-state index contributed by atoms with van der Waals surface area (Å²) in [5.74, 6) is 2.57. The average Bonchev–Trinajstić information content (AvgIpc) is 2.09. The first-order chi connectivity index (χ1) is 6.15. The molecule has 3 unspecified atom stereocenters. The number of aliphatic hydroxyl groups excluding tert-OH is 1. The highest BCUT2D eigenvalue weighted by molar-refractivity contribution is 4.92. The molecule has 0 aromatic heterocycles. The lowest BCUT2D eigenvalue weighted by Crippen LogP contribution is -2.49. The Labute approximate surface area is 79.7 Å². The minimum absolute atomic E-state index is 0.139. The molecule has 13 heavy (non-hydrogen) atoms. The topological polar surface area (TPSA) is 32.7 Å². The molecule has 74 valence electrons. The third kappa shape index (κ3) is 2.70. The van der Waals surface area contributed by atoms with Crippen LogP contribution in [-0.4, -0.2) is 48.5 Å². The number of terminal acetylenes is 1. The number of ether oxygens (including phenoxy) is 1. The molecule has 0 aromatic rings. The lowest BCUT2D eigenvalue weighted by Gasteiger charge is -2.36. The highest BCUT2D eigenvalue weighted by atomic mass is 16.5. The molecule has 1 saturated heterocycles. The molecule has 1 aliphatic rings. The van der Waals surface area contributed by atoms with Gasteiger partial charge in [-0.05, 0) is 20.4 Å². The zero-order valence-corrected chi connectivity index (χ0v) is 8.23. The van der Waals surface area contributed by atoms with E-state index in [2.05, 4.69) is 5.92 Å². The maximum absolute atomic E-state index is 9.65. The van der Waals surface area contributed by atoms with Gasteiger partial charge in [0, 0.05) is 6.04 Å². The third-order valence-electron chi connectivity index (χ3n) is 2.48. The molecule has 1 N–H and O–H groups in total. The van der Waals surface area contributed by atoms with Crippen molar-refractivity contribution in [3.63, 3.8) is 0 Å². The van der Waals surface area contributed by atoms with E-state index < -0.39 is 6.10 Å². The summed E-state index contributed by atoms with van der Waals surface area (Å²) in [5, 5.41) is 9.65. The minimum Gasteiger partial charge on any atom is -0.389 e. The highest BCUT2D eigenvalue weighted by Crippen LogP contribution is 2.18. The fourth-order valence-electron chi connectivity index (χ4n) is 1.67. The summed E-state index contributed by atoms with van der Waals surface area (Å²) in [6, 6.07) is 0.139. The van der Waals surface area contributed by atoms with Crippen LogP contribution < -0.4 is 0 Å². The van der Waals surface area contributed by atoms with Crippen LogP contribution in [0.5, 0.6) is 0 Å². The number of hydrogen-bond donors (Lipinski definition) is 1. The lowest BCUT2D eigenvalue weighted by atomic mass is 10.0. The van der Waals surface area contributed by atoms with Crippen molar-refractivity contribution in [3.05, 3.63) is 0 Å². The zero-order chi connectivity index (χ0) is 9.84. The van der Waals surface area contributed by atoms with Crippen LogP contribution in [0, 0.1) is 12.3 Å². The summed E-state index contributed by atoms with van der Waals surface area (Å²) in [6.07, 6.45) is 5.87. The lowest BCUT2D eigenvalue weighted by molar-refractivity contribution is -0.0897. The molecule has 1 aliphatic heterocycles. The average molecular weight is 183 g/mol. The second-order valence-corrected chi connectivity index (χ2v) is 3.63. The first-order valence-electron chi connectivity index (χ1n) is 4.58. The molecular weight excluding hydrogens is 166 g/mol. The molecule has 3 heteroatoms. The van der Waals surface area contributed by atoms with Crippen molar-refractivity contribution in [2.24, 2.45) is 0 Å². The van der Waals surface area contributed by atoms with Crippen molar-refractivity contribution >= 4 is 0 Å². The van der Waals surface area contributed by atoms with Gasteiger partial charge in [0.2, 0.25) is 0 Å². The molecule has 0 amide bonds. The summed E-state index contributed by atoms with van der Waals surface area (Å²) in [6.45, 7) is 3.01. The maximum atomic E-state index is 9.65. The van der Waals surface area contributed by atoms with E-state index in [-0.39, 0.29) is 12.1 Å². The van der Waals surface area contributed by atoms with Gasteiger partial charge in [-0.2, -0.15) is 0 Å². The van der Waals surface area contributed by atoms with Crippen LogP contribution in [0.1, 0.15) is 13.3 Å². The predicted octanol–water partition coefficient (Wildman–Crippen LogP) is 0.0897. The minimum atomic E-state index is -0.408. The van der Waals surface area contributed by atoms with Crippen molar-refractivity contribution in [3.8, 4) is 12.3 Å². The smallest absolute Gasteiger partial charge is 0.0929 e. The number of aliphatic hydroxyl groups is 1. The summed E-state index contributed by atoms with van der Waals surface area (Å²) < 4.78 is 5.32. The van der Waals surface area contributed by atoms with Gasteiger partial charge in [0.1, 0.15) is 0 Å². The molecule has 1 rings (SSSR count). The van der Waals surface area contributed by atoms with E-state index in [0.29, 0.717) is 13.2 Å². The first kappa shape index (κ1) is 10.5. The van der Waals surface area contributed by atoms with Crippen molar-refractivity contribution in [1.82, 2.24) is 4.90 Å². The van der Waals surface area contributed by atoms with Gasteiger partial charge >= 0.3 is 0 Å². The van der Waals surface area contributed by atoms with E-state index >= 15 is 0 Å². The Balaban J connectivity index is 2.50. The number of likely N-dealkylation sites (N-methyl/N-ethyl adjacent to an activating group) is 1. The van der Waals surface area contributed by atoms with Crippen molar-refractivity contribution in [2.75, 3.05) is 20.2 Å². The largest absolute Gasteiger partial charge is 0.389 e. The first-order valence-corrected chi connectivity index (χ1v) is 4.58. The van der Waals surface area contributed by atoms with Gasteiger partial charge in [-0.3, -0.25) is 4.90 Å². The number of hydrogen-bond acceptors (Lipinski definition) is 3. The second kappa shape index (κ2) is 4.61. The Morgan fingerprint density at radius 3 is 3.00 bits per heavy atom. The Kier molecular flexibility index (Phi) is 3.73. The molecule has 0 radical (unpaired) electrons. The van der Waals surface area contributed by atoms with E-state index in [1.165, 1.54) is 0 Å². The monoisotopic (exact) mass is 183 g/mol. The van der Waals surface area contributed by atoms with Gasteiger partial charge in [-0.15, -0.1) is 6.42 Å². The number of rotatable bonds is 2. The van der Waals surface area contributed by atoms with E-state index in [1.807, 2.05) is 18.9 Å². The molecule has 0 aromatic carbocycles. The van der Waals surface area contributed by atoms with Crippen molar-refractivity contribution < 1.29 is 9.84 Å². The molecule has 0 bridgehead atoms. The normalized spacial score (nSPS) is 34.5. The van der Waals surface area contributed by atoms with Crippen LogP contribution in [-0.2, 0) is 4.74 Å². The molecule has 1 fully saturated rings. The molecule has 0 spiro atoms. The molecule has 3 nitrogen and oxygen atoms in total. The quantitative estimate of drug-likeness (QED) is 0.616. The van der Waals surface area contributed by atoms with Crippen LogP contribution in [0.4, 0.5) is 0 Å². The van der Waals surface area contributed by atoms with E-state index in [0.717, 1.165) is 6.42 Å². The van der Waals surface area contributed by atoms with Crippen LogP contribution in [0.3, 0.4) is 0 Å². The van der Waals surface area contributed by atoms with E-state index in [1.54, 1.807) is 0 Å². The zero-order valence-electron chi connectivity index (χ0n) is 8.23. The van der Waals surface area contributed by atoms with Gasteiger partial charge in [0.05, 0.1) is 25.4 Å². The summed E-state index contributed by atoms with van der Waals surface area (Å²) in [5.41, 5.74) is 0. The Morgan fingerprint density at radius 1 is 1.69 bits per heavy atom. The SMILES string of the molecule is C#CCN(C)C1CC(C)OCC1O. The van der Waals surface area contributed by atoms with Gasteiger partial charge in [-0.25, -0.2) is 0 Å². The predicted molar refractivity (Wildman–Crippen MR) is 51.3 cm³/mol. The molecule has 0 aliphatic carbocycles. The van der Waals surface area contributed by atoms with Crippen molar-refractivity contribution in [1.29, 1.82) is 0 Å². The summed E-state index contributed by atoms with van der Waals surface area (Å²) >= 11 is 0. The Morgan fingerprint density at radius 2 is 2.38 bits per heavy atom. The summed E-state index contributed by atoms with van der Waals surface area (Å²) in [7, 11) is 1.94. The third-order valence-corrected chi connectivity index (χ3v) is 2.48. The second-order valence-electron chi connectivity index (χ2n) is 3.63. The van der Waals surface area contributed by atoms with E-state index in [4.69, 9.17) is 11.2 Å². The highest BCUT2D eigenvalue weighted by Gasteiger charge is 2.30. The van der Waals surface area contributed by atoms with Gasteiger partial charge in [0.25, 0.3) is 0 Å². The van der Waals surface area contributed by atoms with Gasteiger partial charge in [-0.1, -0.05) is 5.92 Å². The van der Waals surface area contributed by atoms with Crippen LogP contribution in [0.2, 0.25) is 0 Å². The maximum Gasteiger partial charge on any atom is 0.0929 e. The molecule has 0 saturated carbocycles. The molecule has 1 heterocycles. The number of nitrogens with zero attached hydrogens (tertiary/aromatic N) is 1. The van der Waals surface area contributed by atoms with Crippen molar-refractivity contribution in [2.45, 2.75) is 31.6 Å². The fourth-order valence-corrected chi connectivity index (χ4v) is 1.67.